The van der Waals surface area contributed by atoms with Gasteiger partial charge in [0.05, 0.1) is 6.26 Å². The molecule has 0 atom stereocenters. The molecule has 2 rings (SSSR count). The van der Waals surface area contributed by atoms with Crippen LogP contribution in [0, 0.1) is 5.82 Å². The first-order valence-corrected chi connectivity index (χ1v) is 6.64. The number of benzene rings is 2. The molecule has 0 fully saturated rings. The maximum absolute atomic E-state index is 12.8. The van der Waals surface area contributed by atoms with Crippen molar-refractivity contribution in [1.29, 1.82) is 0 Å². The minimum Gasteiger partial charge on any atom is -0.489 e. The molecule has 0 aliphatic heterocycles. The third-order valence-corrected chi connectivity index (χ3v) is 2.81. The third-order valence-electron chi connectivity index (χ3n) is 2.81. The van der Waals surface area contributed by atoms with E-state index in [0.29, 0.717) is 12.4 Å². The van der Waals surface area contributed by atoms with E-state index in [-0.39, 0.29) is 5.82 Å². The molecule has 0 unspecified atom stereocenters. The van der Waals surface area contributed by atoms with Crippen LogP contribution in [0.4, 0.5) is 4.39 Å². The summed E-state index contributed by atoms with van der Waals surface area (Å²) >= 11 is 0. The molecule has 0 N–H and O–H groups in total. The predicted octanol–water partition coefficient (Wildman–Crippen LogP) is 4.10. The average molecular weight is 298 g/mol. The Morgan fingerprint density at radius 2 is 1.77 bits per heavy atom. The Labute approximate surface area is 128 Å². The van der Waals surface area contributed by atoms with Gasteiger partial charge in [-0.1, -0.05) is 30.8 Å². The lowest BCUT2D eigenvalue weighted by Crippen LogP contribution is -1.95. The van der Waals surface area contributed by atoms with Crippen LogP contribution in [0.1, 0.15) is 11.1 Å². The molecule has 3 nitrogen and oxygen atoms in total. The van der Waals surface area contributed by atoms with Crippen LogP contribution >= 0.6 is 0 Å². The zero-order valence-electron chi connectivity index (χ0n) is 11.9. The zero-order chi connectivity index (χ0) is 15.8. The monoisotopic (exact) mass is 298 g/mol. The van der Waals surface area contributed by atoms with Gasteiger partial charge < -0.3 is 9.47 Å². The number of rotatable bonds is 6. The summed E-state index contributed by atoms with van der Waals surface area (Å²) in [5, 5.41) is 0. The number of hydrogen-bond donors (Lipinski definition) is 0. The summed E-state index contributed by atoms with van der Waals surface area (Å²) in [5.41, 5.74) is 1.73. The minimum atomic E-state index is -0.480. The largest absolute Gasteiger partial charge is 0.489 e. The van der Waals surface area contributed by atoms with Gasteiger partial charge in [-0.2, -0.15) is 0 Å². The Morgan fingerprint density at radius 3 is 2.41 bits per heavy atom. The van der Waals surface area contributed by atoms with Crippen LogP contribution in [0.5, 0.6) is 5.75 Å². The van der Waals surface area contributed by atoms with E-state index in [1.165, 1.54) is 18.2 Å². The molecule has 0 aliphatic rings. The summed E-state index contributed by atoms with van der Waals surface area (Å²) in [4.78, 5) is 11.1. The van der Waals surface area contributed by atoms with Gasteiger partial charge in [-0.15, -0.1) is 0 Å². The van der Waals surface area contributed by atoms with Gasteiger partial charge in [0.15, 0.2) is 0 Å². The van der Waals surface area contributed by atoms with Gasteiger partial charge >= 0.3 is 5.97 Å². The summed E-state index contributed by atoms with van der Waals surface area (Å²) in [6.07, 6.45) is 4.03. The second-order valence-electron chi connectivity index (χ2n) is 4.42. The highest BCUT2D eigenvalue weighted by atomic mass is 19.1. The van der Waals surface area contributed by atoms with Gasteiger partial charge in [0.25, 0.3) is 0 Å². The quantitative estimate of drug-likeness (QED) is 0.457. The molecule has 2 aromatic rings. The topological polar surface area (TPSA) is 35.5 Å². The summed E-state index contributed by atoms with van der Waals surface area (Å²) in [6.45, 7) is 3.67. The van der Waals surface area contributed by atoms with Crippen molar-refractivity contribution < 1.29 is 18.7 Å². The number of halogens is 1. The summed E-state index contributed by atoms with van der Waals surface area (Å²) in [6, 6.07) is 13.4. The van der Waals surface area contributed by atoms with Gasteiger partial charge in [-0.3, -0.25) is 0 Å². The second-order valence-corrected chi connectivity index (χ2v) is 4.42. The SMILES string of the molecule is C=COC(=O)C=Cc1ccc(OCc2ccc(F)cc2)cc1. The van der Waals surface area contributed by atoms with Gasteiger partial charge in [0, 0.05) is 6.08 Å². The molecule has 0 bridgehead atoms. The highest BCUT2D eigenvalue weighted by molar-refractivity contribution is 5.87. The van der Waals surface area contributed by atoms with Crippen molar-refractivity contribution in [3.63, 3.8) is 0 Å². The third kappa shape index (κ3) is 4.90. The van der Waals surface area contributed by atoms with E-state index in [4.69, 9.17) is 4.74 Å². The van der Waals surface area contributed by atoms with Crippen LogP contribution in [0.2, 0.25) is 0 Å². The van der Waals surface area contributed by atoms with E-state index in [9.17, 15) is 9.18 Å². The van der Waals surface area contributed by atoms with Gasteiger partial charge in [0.2, 0.25) is 0 Å². The highest BCUT2D eigenvalue weighted by Gasteiger charge is 1.98. The van der Waals surface area contributed by atoms with Crippen LogP contribution in [0.25, 0.3) is 6.08 Å². The zero-order valence-corrected chi connectivity index (χ0v) is 11.9. The first-order chi connectivity index (χ1) is 10.7. The molecule has 2 aromatic carbocycles. The Hall–Kier alpha value is -2.88. The van der Waals surface area contributed by atoms with Crippen molar-refractivity contribution in [2.75, 3.05) is 0 Å². The van der Waals surface area contributed by atoms with Crippen molar-refractivity contribution in [2.24, 2.45) is 0 Å². The molecule has 4 heteroatoms. The Kier molecular flexibility index (Phi) is 5.49. The summed E-state index contributed by atoms with van der Waals surface area (Å²) < 4.78 is 23.0. The fraction of sp³-hybridized carbons (Fsp3) is 0.0556. The molecule has 0 spiro atoms. The second kappa shape index (κ2) is 7.78. The normalized spacial score (nSPS) is 10.4. The molecule has 0 amide bonds. The van der Waals surface area contributed by atoms with Gasteiger partial charge in [-0.25, -0.2) is 9.18 Å². The fourth-order valence-electron chi connectivity index (χ4n) is 1.71. The van der Waals surface area contributed by atoms with E-state index >= 15 is 0 Å². The Bertz CT molecular complexity index is 658. The molecule has 0 aliphatic carbocycles. The molecule has 0 saturated carbocycles. The number of ether oxygens (including phenoxy) is 2. The molecule has 0 aromatic heterocycles. The van der Waals surface area contributed by atoms with Gasteiger partial charge in [-0.05, 0) is 41.5 Å². The van der Waals surface area contributed by atoms with Crippen LogP contribution < -0.4 is 4.74 Å². The number of hydrogen-bond acceptors (Lipinski definition) is 3. The Morgan fingerprint density at radius 1 is 1.09 bits per heavy atom. The van der Waals surface area contributed by atoms with Crippen molar-refractivity contribution in [3.8, 4) is 5.75 Å². The standard InChI is InChI=1S/C18H15FO3/c1-2-21-18(20)12-7-14-5-10-17(11-6-14)22-13-15-3-8-16(19)9-4-15/h2-12H,1,13H2. The van der Waals surface area contributed by atoms with Crippen LogP contribution in [0.3, 0.4) is 0 Å². The molecule has 0 radical (unpaired) electrons. The number of esters is 1. The number of carbonyl (C=O) groups excluding carboxylic acids is 1. The molecule has 22 heavy (non-hydrogen) atoms. The smallest absolute Gasteiger partial charge is 0.335 e. The van der Waals surface area contributed by atoms with Crippen LogP contribution in [-0.2, 0) is 16.1 Å². The lowest BCUT2D eigenvalue weighted by Gasteiger charge is -2.06. The molecular formula is C18H15FO3. The molecule has 112 valence electrons. The lowest BCUT2D eigenvalue weighted by molar-refractivity contribution is -0.132. The van der Waals surface area contributed by atoms with Crippen molar-refractivity contribution in [1.82, 2.24) is 0 Å². The predicted molar refractivity (Wildman–Crippen MR) is 82.5 cm³/mol. The van der Waals surface area contributed by atoms with E-state index in [0.717, 1.165) is 17.4 Å². The highest BCUT2D eigenvalue weighted by Crippen LogP contribution is 2.15. The first kappa shape index (κ1) is 15.5. The van der Waals surface area contributed by atoms with Crippen LogP contribution in [0.15, 0.2) is 67.4 Å². The van der Waals surface area contributed by atoms with Crippen molar-refractivity contribution >= 4 is 12.0 Å². The molecule has 0 heterocycles. The van der Waals surface area contributed by atoms with Crippen molar-refractivity contribution in [3.05, 3.63) is 84.4 Å². The summed E-state index contributed by atoms with van der Waals surface area (Å²) in [5.74, 6) is -0.0587. The van der Waals surface area contributed by atoms with Crippen molar-refractivity contribution in [2.45, 2.75) is 6.61 Å². The Balaban J connectivity index is 1.90. The van der Waals surface area contributed by atoms with E-state index < -0.39 is 5.97 Å². The minimum absolute atomic E-state index is 0.269. The lowest BCUT2D eigenvalue weighted by atomic mass is 10.2. The first-order valence-electron chi connectivity index (χ1n) is 6.64. The van der Waals surface area contributed by atoms with E-state index in [1.54, 1.807) is 30.3 Å². The van der Waals surface area contributed by atoms with E-state index in [2.05, 4.69) is 11.3 Å². The average Bonchev–Trinajstić information content (AvgIpc) is 2.54. The fourth-order valence-corrected chi connectivity index (χ4v) is 1.71. The van der Waals surface area contributed by atoms with Crippen LogP contribution in [-0.4, -0.2) is 5.97 Å². The maximum atomic E-state index is 12.8. The molecule has 0 saturated heterocycles. The maximum Gasteiger partial charge on any atom is 0.335 e. The van der Waals surface area contributed by atoms with E-state index in [1.807, 2.05) is 12.1 Å². The molecular weight excluding hydrogens is 283 g/mol. The number of carbonyl (C=O) groups is 1. The summed E-state index contributed by atoms with van der Waals surface area (Å²) in [7, 11) is 0. The van der Waals surface area contributed by atoms with Gasteiger partial charge in [0.1, 0.15) is 18.2 Å².